The molecule has 6 nitrogen and oxygen atoms in total. The molecule has 7 heteroatoms. The number of hydrogen-bond donors (Lipinski definition) is 3. The molecule has 1 aromatic carbocycles. The molecule has 1 unspecified atom stereocenters. The van der Waals surface area contributed by atoms with Gasteiger partial charge in [-0.25, -0.2) is 4.99 Å². The van der Waals surface area contributed by atoms with Crippen LogP contribution in [0.2, 0.25) is 0 Å². The van der Waals surface area contributed by atoms with E-state index in [0.29, 0.717) is 18.6 Å². The molecule has 0 spiro atoms. The smallest absolute Gasteiger partial charge is 0.242 e. The standard InChI is InChI=1S/C22H36N4O2.HI/c1-3-23-22(25-17-21(27)26-20-13-8-5-9-14-20)24-15-10-16-28-18(2)19-11-6-4-7-12-19;/h4,6-7,11-12,18,20H,3,5,8-10,13-17H2,1-2H3,(H,26,27)(H2,23,24,25);1H. The van der Waals surface area contributed by atoms with Crippen LogP contribution in [0.15, 0.2) is 35.3 Å². The predicted octanol–water partition coefficient (Wildman–Crippen LogP) is 3.78. The van der Waals surface area contributed by atoms with Crippen molar-refractivity contribution in [3.8, 4) is 0 Å². The molecule has 1 aliphatic rings. The molecule has 0 bridgehead atoms. The molecular weight excluding hydrogens is 479 g/mol. The Labute approximate surface area is 192 Å². The summed E-state index contributed by atoms with van der Waals surface area (Å²) in [7, 11) is 0. The first-order chi connectivity index (χ1) is 13.7. The fourth-order valence-electron chi connectivity index (χ4n) is 3.37. The molecule has 1 atom stereocenters. The number of aliphatic imine (C=N–C) groups is 1. The van der Waals surface area contributed by atoms with Crippen molar-refractivity contribution < 1.29 is 9.53 Å². The van der Waals surface area contributed by atoms with Gasteiger partial charge in [-0.2, -0.15) is 0 Å². The highest BCUT2D eigenvalue weighted by Gasteiger charge is 2.15. The van der Waals surface area contributed by atoms with Crippen LogP contribution in [0.5, 0.6) is 0 Å². The van der Waals surface area contributed by atoms with E-state index in [2.05, 4.69) is 40.0 Å². The number of hydrogen-bond acceptors (Lipinski definition) is 3. The lowest BCUT2D eigenvalue weighted by molar-refractivity contribution is -0.120. The molecule has 3 N–H and O–H groups in total. The van der Waals surface area contributed by atoms with Gasteiger partial charge in [0.15, 0.2) is 5.96 Å². The summed E-state index contributed by atoms with van der Waals surface area (Å²) in [4.78, 5) is 16.5. The second kappa shape index (κ2) is 15.5. The van der Waals surface area contributed by atoms with E-state index < -0.39 is 0 Å². The Morgan fingerprint density at radius 1 is 1.17 bits per heavy atom. The highest BCUT2D eigenvalue weighted by Crippen LogP contribution is 2.17. The summed E-state index contributed by atoms with van der Waals surface area (Å²) in [6.07, 6.45) is 6.85. The Morgan fingerprint density at radius 2 is 1.90 bits per heavy atom. The average Bonchev–Trinajstić information content (AvgIpc) is 2.73. The van der Waals surface area contributed by atoms with Crippen LogP contribution in [0.4, 0.5) is 0 Å². The molecule has 1 aromatic rings. The molecule has 0 radical (unpaired) electrons. The third kappa shape index (κ3) is 10.8. The van der Waals surface area contributed by atoms with Gasteiger partial charge < -0.3 is 20.7 Å². The first kappa shape index (κ1) is 25.7. The normalized spacial score (nSPS) is 15.9. The number of ether oxygens (including phenoxy) is 1. The fraction of sp³-hybridized carbons (Fsp3) is 0.636. The fourth-order valence-corrected chi connectivity index (χ4v) is 3.37. The molecule has 0 heterocycles. The van der Waals surface area contributed by atoms with Crippen molar-refractivity contribution in [1.82, 2.24) is 16.0 Å². The highest BCUT2D eigenvalue weighted by molar-refractivity contribution is 14.0. The van der Waals surface area contributed by atoms with Gasteiger partial charge in [-0.05, 0) is 38.7 Å². The van der Waals surface area contributed by atoms with Crippen LogP contribution >= 0.6 is 24.0 Å². The number of rotatable bonds is 10. The maximum atomic E-state index is 12.1. The van der Waals surface area contributed by atoms with E-state index in [1.54, 1.807) is 0 Å². The van der Waals surface area contributed by atoms with E-state index in [1.807, 2.05) is 25.1 Å². The van der Waals surface area contributed by atoms with Crippen molar-refractivity contribution in [2.45, 2.75) is 64.5 Å². The topological polar surface area (TPSA) is 74.8 Å². The van der Waals surface area contributed by atoms with Crippen LogP contribution in [-0.4, -0.2) is 44.1 Å². The predicted molar refractivity (Wildman–Crippen MR) is 130 cm³/mol. The monoisotopic (exact) mass is 516 g/mol. The lowest BCUT2D eigenvalue weighted by Gasteiger charge is -2.22. The number of carbonyl (C=O) groups excluding carboxylic acids is 1. The Hall–Kier alpha value is -1.35. The highest BCUT2D eigenvalue weighted by atomic mass is 127. The SMILES string of the molecule is CCNC(=NCC(=O)NC1CCCCC1)NCCCOC(C)c1ccccc1.I. The van der Waals surface area contributed by atoms with Gasteiger partial charge >= 0.3 is 0 Å². The zero-order chi connectivity index (χ0) is 20.0. The molecule has 164 valence electrons. The van der Waals surface area contributed by atoms with Crippen LogP contribution in [0.1, 0.15) is 64.0 Å². The summed E-state index contributed by atoms with van der Waals surface area (Å²) in [5.41, 5.74) is 1.19. The summed E-state index contributed by atoms with van der Waals surface area (Å²) in [5.74, 6) is 0.682. The molecule has 0 saturated heterocycles. The van der Waals surface area contributed by atoms with Crippen molar-refractivity contribution in [2.24, 2.45) is 4.99 Å². The third-order valence-electron chi connectivity index (χ3n) is 4.95. The van der Waals surface area contributed by atoms with E-state index in [4.69, 9.17) is 4.74 Å². The molecule has 1 saturated carbocycles. The second-order valence-electron chi connectivity index (χ2n) is 7.30. The van der Waals surface area contributed by atoms with Crippen molar-refractivity contribution in [3.05, 3.63) is 35.9 Å². The van der Waals surface area contributed by atoms with E-state index in [0.717, 1.165) is 32.4 Å². The summed E-state index contributed by atoms with van der Waals surface area (Å²) in [6.45, 7) is 6.43. The number of carbonyl (C=O) groups is 1. The van der Waals surface area contributed by atoms with Crippen molar-refractivity contribution in [1.29, 1.82) is 0 Å². The minimum absolute atomic E-state index is 0. The molecule has 1 aliphatic carbocycles. The number of nitrogens with zero attached hydrogens (tertiary/aromatic N) is 1. The van der Waals surface area contributed by atoms with E-state index in [-0.39, 0.29) is 42.5 Å². The van der Waals surface area contributed by atoms with Gasteiger partial charge in [-0.15, -0.1) is 24.0 Å². The summed E-state index contributed by atoms with van der Waals surface area (Å²) < 4.78 is 5.89. The molecule has 1 amide bonds. The van der Waals surface area contributed by atoms with Crippen molar-refractivity contribution in [2.75, 3.05) is 26.2 Å². The Morgan fingerprint density at radius 3 is 2.59 bits per heavy atom. The minimum Gasteiger partial charge on any atom is -0.374 e. The Kier molecular flexibility index (Phi) is 13.7. The van der Waals surface area contributed by atoms with Gasteiger partial charge in [0.25, 0.3) is 0 Å². The number of halogens is 1. The lowest BCUT2D eigenvalue weighted by atomic mass is 9.95. The zero-order valence-electron chi connectivity index (χ0n) is 17.8. The summed E-state index contributed by atoms with van der Waals surface area (Å²) in [5, 5.41) is 9.56. The molecule has 1 fully saturated rings. The van der Waals surface area contributed by atoms with Crippen LogP contribution in [0, 0.1) is 0 Å². The number of benzene rings is 1. The molecule has 0 aliphatic heterocycles. The van der Waals surface area contributed by atoms with Crippen LogP contribution in [0.25, 0.3) is 0 Å². The van der Waals surface area contributed by atoms with Crippen LogP contribution in [0.3, 0.4) is 0 Å². The maximum Gasteiger partial charge on any atom is 0.242 e. The quantitative estimate of drug-likeness (QED) is 0.192. The zero-order valence-corrected chi connectivity index (χ0v) is 20.1. The first-order valence-electron chi connectivity index (χ1n) is 10.7. The molecule has 29 heavy (non-hydrogen) atoms. The van der Waals surface area contributed by atoms with Crippen molar-refractivity contribution >= 4 is 35.8 Å². The minimum atomic E-state index is 0. The molecule has 2 rings (SSSR count). The number of guanidine groups is 1. The summed E-state index contributed by atoms with van der Waals surface area (Å²) >= 11 is 0. The van der Waals surface area contributed by atoms with Gasteiger partial charge in [0.05, 0.1) is 6.10 Å². The molecular formula is C22H37IN4O2. The van der Waals surface area contributed by atoms with Gasteiger partial charge in [0, 0.05) is 25.7 Å². The largest absolute Gasteiger partial charge is 0.374 e. The van der Waals surface area contributed by atoms with Gasteiger partial charge in [-0.3, -0.25) is 4.79 Å². The Bertz CT molecular complexity index is 592. The number of nitrogens with one attached hydrogen (secondary N) is 3. The number of amides is 1. The third-order valence-corrected chi connectivity index (χ3v) is 4.95. The van der Waals surface area contributed by atoms with Gasteiger partial charge in [0.1, 0.15) is 6.54 Å². The lowest BCUT2D eigenvalue weighted by Crippen LogP contribution is -2.41. The van der Waals surface area contributed by atoms with Crippen molar-refractivity contribution in [3.63, 3.8) is 0 Å². The second-order valence-corrected chi connectivity index (χ2v) is 7.30. The molecule has 0 aromatic heterocycles. The maximum absolute atomic E-state index is 12.1. The summed E-state index contributed by atoms with van der Waals surface area (Å²) in [6, 6.07) is 10.6. The first-order valence-corrected chi connectivity index (χ1v) is 10.7. The van der Waals surface area contributed by atoms with E-state index in [9.17, 15) is 4.79 Å². The Balaban J connectivity index is 0.00000420. The van der Waals surface area contributed by atoms with E-state index in [1.165, 1.54) is 24.8 Å². The van der Waals surface area contributed by atoms with Gasteiger partial charge in [-0.1, -0.05) is 49.6 Å². The van der Waals surface area contributed by atoms with Crippen LogP contribution < -0.4 is 16.0 Å². The average molecular weight is 516 g/mol. The van der Waals surface area contributed by atoms with Gasteiger partial charge in [0.2, 0.25) is 5.91 Å². The van der Waals surface area contributed by atoms with E-state index >= 15 is 0 Å². The van der Waals surface area contributed by atoms with Crippen LogP contribution in [-0.2, 0) is 9.53 Å².